The van der Waals surface area contributed by atoms with Crippen LogP contribution in [-0.2, 0) is 6.54 Å². The van der Waals surface area contributed by atoms with Crippen LogP contribution in [0.3, 0.4) is 0 Å². The number of piperazine rings is 1. The van der Waals surface area contributed by atoms with Crippen molar-refractivity contribution < 1.29 is 14.0 Å². The zero-order valence-electron chi connectivity index (χ0n) is 20.1. The van der Waals surface area contributed by atoms with E-state index in [2.05, 4.69) is 30.4 Å². The van der Waals surface area contributed by atoms with Crippen LogP contribution in [0.1, 0.15) is 28.4 Å². The lowest BCUT2D eigenvalue weighted by atomic mass is 10.0. The minimum Gasteiger partial charge on any atom is -0.369 e. The smallest absolute Gasteiger partial charge is 0.327 e. The quantitative estimate of drug-likeness (QED) is 0.587. The van der Waals surface area contributed by atoms with Crippen molar-refractivity contribution in [3.05, 3.63) is 53.1 Å². The summed E-state index contributed by atoms with van der Waals surface area (Å²) < 4.78 is 15.5. The van der Waals surface area contributed by atoms with Gasteiger partial charge in [-0.3, -0.25) is 14.6 Å². The normalized spacial score (nSPS) is 15.9. The van der Waals surface area contributed by atoms with Gasteiger partial charge in [-0.15, -0.1) is 0 Å². The summed E-state index contributed by atoms with van der Waals surface area (Å²) in [6, 6.07) is 7.11. The van der Waals surface area contributed by atoms with E-state index < -0.39 is 5.82 Å². The highest BCUT2D eigenvalue weighted by Crippen LogP contribution is 2.38. The number of carbonyl (C=O) groups is 2. The highest BCUT2D eigenvalue weighted by molar-refractivity contribution is 6.17. The SMILES string of the molecule is CCN1C(=O)Nc2c(F)c(CN3CCN(c4ccc(C(=O)NC)cc4C)CC3)cc3ncnc1c23. The van der Waals surface area contributed by atoms with Gasteiger partial charge in [0.25, 0.3) is 5.91 Å². The van der Waals surface area contributed by atoms with Gasteiger partial charge in [-0.1, -0.05) is 0 Å². The Hall–Kier alpha value is -3.79. The molecule has 9 nitrogen and oxygen atoms in total. The molecule has 0 spiro atoms. The number of rotatable bonds is 5. The minimum atomic E-state index is -0.430. The summed E-state index contributed by atoms with van der Waals surface area (Å²) in [5.74, 6) is -0.0919. The molecule has 35 heavy (non-hydrogen) atoms. The Bertz CT molecular complexity index is 1320. The van der Waals surface area contributed by atoms with Gasteiger partial charge in [-0.2, -0.15) is 0 Å². The second-order valence-corrected chi connectivity index (χ2v) is 8.83. The summed E-state index contributed by atoms with van der Waals surface area (Å²) in [5.41, 5.74) is 4.07. The van der Waals surface area contributed by atoms with Crippen LogP contribution >= 0.6 is 0 Å². The largest absolute Gasteiger partial charge is 0.369 e. The molecule has 1 fully saturated rings. The van der Waals surface area contributed by atoms with Gasteiger partial charge in [-0.05, 0) is 43.7 Å². The van der Waals surface area contributed by atoms with E-state index in [0.29, 0.717) is 40.9 Å². The summed E-state index contributed by atoms with van der Waals surface area (Å²) in [6.07, 6.45) is 1.42. The standard InChI is InChI=1S/C25H28FN7O2/c1-4-33-23-20-18(28-14-29-23)12-17(21(26)22(20)30-25(33)35)13-31-7-9-32(10-8-31)19-6-5-16(11-15(19)2)24(34)27-3/h5-6,11-12,14H,4,7-10,13H2,1-3H3,(H,27,34)(H,30,35). The van der Waals surface area contributed by atoms with E-state index in [1.165, 1.54) is 11.2 Å². The number of aromatic nitrogens is 2. The first-order chi connectivity index (χ1) is 16.9. The van der Waals surface area contributed by atoms with Crippen LogP contribution in [0.2, 0.25) is 0 Å². The Labute approximate surface area is 202 Å². The number of anilines is 3. The lowest BCUT2D eigenvalue weighted by Gasteiger charge is -2.37. The van der Waals surface area contributed by atoms with Gasteiger partial charge in [0.1, 0.15) is 12.1 Å². The monoisotopic (exact) mass is 477 g/mol. The van der Waals surface area contributed by atoms with Crippen LogP contribution in [0.5, 0.6) is 0 Å². The first kappa shape index (κ1) is 23.0. The van der Waals surface area contributed by atoms with Crippen molar-refractivity contribution in [1.82, 2.24) is 20.2 Å². The molecule has 5 rings (SSSR count). The molecule has 2 N–H and O–H groups in total. The van der Waals surface area contributed by atoms with Crippen LogP contribution < -0.4 is 20.4 Å². The zero-order valence-corrected chi connectivity index (χ0v) is 20.1. The fraction of sp³-hybridized carbons (Fsp3) is 0.360. The van der Waals surface area contributed by atoms with Gasteiger partial charge in [0.2, 0.25) is 0 Å². The van der Waals surface area contributed by atoms with Crippen molar-refractivity contribution in [1.29, 1.82) is 0 Å². The number of amides is 3. The van der Waals surface area contributed by atoms with Gasteiger partial charge in [-0.25, -0.2) is 19.2 Å². The highest BCUT2D eigenvalue weighted by atomic mass is 19.1. The van der Waals surface area contributed by atoms with Crippen LogP contribution in [0.15, 0.2) is 30.6 Å². The topological polar surface area (TPSA) is 93.7 Å². The van der Waals surface area contributed by atoms with Crippen LogP contribution in [-0.4, -0.2) is 66.6 Å². The van der Waals surface area contributed by atoms with Crippen molar-refractivity contribution >= 4 is 40.0 Å². The second-order valence-electron chi connectivity index (χ2n) is 8.83. The first-order valence-corrected chi connectivity index (χ1v) is 11.8. The Kier molecular flexibility index (Phi) is 5.98. The lowest BCUT2D eigenvalue weighted by Crippen LogP contribution is -2.46. The maximum Gasteiger partial charge on any atom is 0.327 e. The van der Waals surface area contributed by atoms with Crippen molar-refractivity contribution in [3.8, 4) is 0 Å². The molecule has 2 aliphatic heterocycles. The van der Waals surface area contributed by atoms with Crippen molar-refractivity contribution in [2.75, 3.05) is 54.9 Å². The Morgan fingerprint density at radius 1 is 1.17 bits per heavy atom. The number of hydrogen-bond donors (Lipinski definition) is 2. The second kappa shape index (κ2) is 9.10. The molecule has 1 aromatic heterocycles. The number of urea groups is 1. The van der Waals surface area contributed by atoms with Gasteiger partial charge < -0.3 is 15.5 Å². The number of aryl methyl sites for hydroxylation is 1. The third kappa shape index (κ3) is 4.03. The van der Waals surface area contributed by atoms with Crippen LogP contribution in [0, 0.1) is 12.7 Å². The molecule has 182 valence electrons. The predicted octanol–water partition coefficient (Wildman–Crippen LogP) is 3.13. The molecule has 2 aromatic carbocycles. The number of nitrogens with one attached hydrogen (secondary N) is 2. The molecule has 0 aliphatic carbocycles. The molecule has 0 saturated carbocycles. The molecule has 3 amide bonds. The number of halogens is 1. The molecule has 10 heteroatoms. The zero-order chi connectivity index (χ0) is 24.7. The number of nitrogens with zero attached hydrogens (tertiary/aromatic N) is 5. The maximum absolute atomic E-state index is 15.5. The van der Waals surface area contributed by atoms with Gasteiger partial charge in [0.15, 0.2) is 5.82 Å². The maximum atomic E-state index is 15.5. The Balaban J connectivity index is 1.34. The van der Waals surface area contributed by atoms with E-state index in [4.69, 9.17) is 0 Å². The van der Waals surface area contributed by atoms with Crippen molar-refractivity contribution in [3.63, 3.8) is 0 Å². The number of carbonyl (C=O) groups excluding carboxylic acids is 2. The molecule has 0 radical (unpaired) electrons. The number of benzene rings is 2. The van der Waals surface area contributed by atoms with E-state index >= 15 is 4.39 Å². The molecule has 1 saturated heterocycles. The van der Waals surface area contributed by atoms with Crippen LogP contribution in [0.25, 0.3) is 10.9 Å². The summed E-state index contributed by atoms with van der Waals surface area (Å²) in [6.45, 7) is 7.80. The van der Waals surface area contributed by atoms with Crippen LogP contribution in [0.4, 0.5) is 26.4 Å². The summed E-state index contributed by atoms with van der Waals surface area (Å²) in [4.78, 5) is 39.0. The summed E-state index contributed by atoms with van der Waals surface area (Å²) in [5, 5.41) is 5.89. The fourth-order valence-corrected chi connectivity index (χ4v) is 4.92. The molecular weight excluding hydrogens is 449 g/mol. The highest BCUT2D eigenvalue weighted by Gasteiger charge is 2.30. The predicted molar refractivity (Wildman–Crippen MR) is 134 cm³/mol. The molecule has 0 bridgehead atoms. The fourth-order valence-electron chi connectivity index (χ4n) is 4.92. The van der Waals surface area contributed by atoms with Crippen molar-refractivity contribution in [2.24, 2.45) is 0 Å². The van der Waals surface area contributed by atoms with E-state index in [-0.39, 0.29) is 17.6 Å². The lowest BCUT2D eigenvalue weighted by molar-refractivity contribution is 0.0963. The molecule has 0 atom stereocenters. The molecule has 2 aliphatic rings. The van der Waals surface area contributed by atoms with E-state index in [9.17, 15) is 9.59 Å². The molecule has 0 unspecified atom stereocenters. The molecular formula is C25H28FN7O2. The van der Waals surface area contributed by atoms with Gasteiger partial charge in [0, 0.05) is 63.1 Å². The average molecular weight is 478 g/mol. The third-order valence-electron chi connectivity index (χ3n) is 6.76. The summed E-state index contributed by atoms with van der Waals surface area (Å²) >= 11 is 0. The molecule has 3 heterocycles. The van der Waals surface area contributed by atoms with Crippen molar-refractivity contribution in [2.45, 2.75) is 20.4 Å². The van der Waals surface area contributed by atoms with E-state index in [1.54, 1.807) is 13.1 Å². The first-order valence-electron chi connectivity index (χ1n) is 11.8. The third-order valence-corrected chi connectivity index (χ3v) is 6.76. The van der Waals surface area contributed by atoms with E-state index in [0.717, 1.165) is 37.4 Å². The average Bonchev–Trinajstić information content (AvgIpc) is 2.87. The van der Waals surface area contributed by atoms with E-state index in [1.807, 2.05) is 32.0 Å². The minimum absolute atomic E-state index is 0.100. The Morgan fingerprint density at radius 3 is 2.63 bits per heavy atom. The summed E-state index contributed by atoms with van der Waals surface area (Å²) in [7, 11) is 1.62. The molecule has 3 aromatic rings. The Morgan fingerprint density at radius 2 is 1.94 bits per heavy atom. The van der Waals surface area contributed by atoms with Gasteiger partial charge >= 0.3 is 6.03 Å². The van der Waals surface area contributed by atoms with Gasteiger partial charge in [0.05, 0.1) is 16.6 Å². The number of hydrogen-bond acceptors (Lipinski definition) is 6.